The number of H-pyrrole nitrogens is 1. The first-order valence-corrected chi connectivity index (χ1v) is 5.09. The molecule has 1 amide bonds. The third-order valence-corrected chi connectivity index (χ3v) is 2.55. The van der Waals surface area contributed by atoms with E-state index in [2.05, 4.69) is 20.5 Å². The highest BCUT2D eigenvalue weighted by Crippen LogP contribution is 2.06. The van der Waals surface area contributed by atoms with Gasteiger partial charge in [0.25, 0.3) is 5.91 Å². The van der Waals surface area contributed by atoms with Crippen LogP contribution in [0.5, 0.6) is 0 Å². The molecule has 0 saturated carbocycles. The van der Waals surface area contributed by atoms with E-state index in [-0.39, 0.29) is 17.8 Å². The van der Waals surface area contributed by atoms with Crippen molar-refractivity contribution in [2.45, 2.75) is 19.9 Å². The molecule has 1 aliphatic rings. The number of piperazine rings is 1. The molecule has 2 heterocycles. The van der Waals surface area contributed by atoms with Crippen LogP contribution < -0.4 is 5.32 Å². The number of hydrogen-bond donors (Lipinski definition) is 2. The Morgan fingerprint density at radius 2 is 2.40 bits per heavy atom. The van der Waals surface area contributed by atoms with Gasteiger partial charge in [-0.3, -0.25) is 9.89 Å². The van der Waals surface area contributed by atoms with Crippen LogP contribution in [0.4, 0.5) is 0 Å². The summed E-state index contributed by atoms with van der Waals surface area (Å²) in [5.41, 5.74) is 0. The molecule has 0 aromatic carbocycles. The smallest absolute Gasteiger partial charge is 0.293 e. The molecule has 1 aromatic rings. The first kappa shape index (κ1) is 10.1. The van der Waals surface area contributed by atoms with Crippen molar-refractivity contribution in [2.75, 3.05) is 19.6 Å². The number of aromatic nitrogens is 3. The molecule has 1 aliphatic heterocycles. The van der Waals surface area contributed by atoms with Crippen molar-refractivity contribution in [2.24, 2.45) is 0 Å². The van der Waals surface area contributed by atoms with Crippen LogP contribution in [-0.2, 0) is 0 Å². The van der Waals surface area contributed by atoms with E-state index in [9.17, 15) is 4.79 Å². The zero-order valence-electron chi connectivity index (χ0n) is 8.95. The van der Waals surface area contributed by atoms with Crippen LogP contribution in [-0.4, -0.2) is 51.7 Å². The lowest BCUT2D eigenvalue weighted by atomic mass is 10.2. The summed E-state index contributed by atoms with van der Waals surface area (Å²) in [4.78, 5) is 17.8. The molecule has 0 unspecified atom stereocenters. The van der Waals surface area contributed by atoms with Gasteiger partial charge in [0.05, 0.1) is 0 Å². The predicted octanol–water partition coefficient (Wildman–Crippen LogP) is -0.453. The fourth-order valence-corrected chi connectivity index (χ4v) is 1.71. The molecule has 2 N–H and O–H groups in total. The molecule has 0 bridgehead atoms. The zero-order chi connectivity index (χ0) is 10.8. The number of nitrogens with zero attached hydrogens (tertiary/aromatic N) is 3. The van der Waals surface area contributed by atoms with Crippen molar-refractivity contribution in [1.29, 1.82) is 0 Å². The van der Waals surface area contributed by atoms with E-state index in [0.29, 0.717) is 12.4 Å². The summed E-state index contributed by atoms with van der Waals surface area (Å²) in [6.45, 7) is 6.18. The monoisotopic (exact) mass is 209 g/mol. The minimum Gasteiger partial charge on any atom is -0.331 e. The van der Waals surface area contributed by atoms with Crippen LogP contribution in [0, 0.1) is 6.92 Å². The van der Waals surface area contributed by atoms with Crippen molar-refractivity contribution in [3.05, 3.63) is 11.6 Å². The minimum atomic E-state index is -0.0895. The first-order valence-electron chi connectivity index (χ1n) is 5.09. The molecule has 0 radical (unpaired) electrons. The lowest BCUT2D eigenvalue weighted by molar-refractivity contribution is 0.0643. The lowest BCUT2D eigenvalue weighted by Crippen LogP contribution is -2.52. The van der Waals surface area contributed by atoms with Gasteiger partial charge in [0.2, 0.25) is 5.82 Å². The Morgan fingerprint density at radius 3 is 3.00 bits per heavy atom. The van der Waals surface area contributed by atoms with Gasteiger partial charge in [0.15, 0.2) is 0 Å². The highest BCUT2D eigenvalue weighted by molar-refractivity contribution is 5.90. The first-order chi connectivity index (χ1) is 7.18. The Morgan fingerprint density at radius 1 is 1.60 bits per heavy atom. The van der Waals surface area contributed by atoms with Crippen LogP contribution >= 0.6 is 0 Å². The molecule has 2 rings (SSSR count). The van der Waals surface area contributed by atoms with Gasteiger partial charge in [-0.25, -0.2) is 4.98 Å². The summed E-state index contributed by atoms with van der Waals surface area (Å²) < 4.78 is 0. The lowest BCUT2D eigenvalue weighted by Gasteiger charge is -2.33. The fourth-order valence-electron chi connectivity index (χ4n) is 1.71. The van der Waals surface area contributed by atoms with E-state index in [1.807, 2.05) is 6.92 Å². The zero-order valence-corrected chi connectivity index (χ0v) is 8.95. The van der Waals surface area contributed by atoms with Crippen LogP contribution in [0.2, 0.25) is 0 Å². The molecule has 0 aliphatic carbocycles. The Labute approximate surface area is 88.1 Å². The van der Waals surface area contributed by atoms with E-state index < -0.39 is 0 Å². The van der Waals surface area contributed by atoms with Crippen molar-refractivity contribution >= 4 is 5.91 Å². The number of aryl methyl sites for hydroxylation is 1. The summed E-state index contributed by atoms with van der Waals surface area (Å²) in [7, 11) is 0. The molecule has 15 heavy (non-hydrogen) atoms. The normalized spacial score (nSPS) is 21.7. The van der Waals surface area contributed by atoms with Gasteiger partial charge >= 0.3 is 0 Å². The summed E-state index contributed by atoms with van der Waals surface area (Å²) >= 11 is 0. The van der Waals surface area contributed by atoms with Gasteiger partial charge in [-0.05, 0) is 13.8 Å². The highest BCUT2D eigenvalue weighted by Gasteiger charge is 2.26. The van der Waals surface area contributed by atoms with Gasteiger partial charge in [-0.2, -0.15) is 0 Å². The van der Waals surface area contributed by atoms with Crippen molar-refractivity contribution in [1.82, 2.24) is 25.4 Å². The van der Waals surface area contributed by atoms with E-state index in [1.165, 1.54) is 0 Å². The second-order valence-electron chi connectivity index (χ2n) is 3.80. The predicted molar refractivity (Wildman–Crippen MR) is 54.5 cm³/mol. The molecule has 1 atom stereocenters. The standard InChI is InChI=1S/C9H15N5O/c1-6-5-10-3-4-14(6)9(15)8-11-7(2)12-13-8/h6,10H,3-5H2,1-2H3,(H,11,12,13)/t6-/m1/s1. The van der Waals surface area contributed by atoms with Crippen molar-refractivity contribution in [3.8, 4) is 0 Å². The number of carbonyl (C=O) groups excluding carboxylic acids is 1. The minimum absolute atomic E-state index is 0.0895. The van der Waals surface area contributed by atoms with E-state index in [1.54, 1.807) is 11.8 Å². The fraction of sp³-hybridized carbons (Fsp3) is 0.667. The average molecular weight is 209 g/mol. The van der Waals surface area contributed by atoms with Crippen LogP contribution in [0.1, 0.15) is 23.4 Å². The van der Waals surface area contributed by atoms with E-state index >= 15 is 0 Å². The number of hydrogen-bond acceptors (Lipinski definition) is 4. The second kappa shape index (κ2) is 3.98. The summed E-state index contributed by atoms with van der Waals surface area (Å²) in [5.74, 6) is 0.843. The molecular weight excluding hydrogens is 194 g/mol. The maximum Gasteiger partial charge on any atom is 0.293 e. The van der Waals surface area contributed by atoms with Crippen LogP contribution in [0.3, 0.4) is 0 Å². The molecule has 0 spiro atoms. The quantitative estimate of drug-likeness (QED) is 0.657. The third kappa shape index (κ3) is 1.99. The van der Waals surface area contributed by atoms with E-state index in [4.69, 9.17) is 0 Å². The van der Waals surface area contributed by atoms with Gasteiger partial charge < -0.3 is 10.2 Å². The number of amides is 1. The summed E-state index contributed by atoms with van der Waals surface area (Å²) in [6.07, 6.45) is 0. The van der Waals surface area contributed by atoms with Gasteiger partial charge in [-0.1, -0.05) is 0 Å². The second-order valence-corrected chi connectivity index (χ2v) is 3.80. The van der Waals surface area contributed by atoms with Crippen molar-refractivity contribution < 1.29 is 4.79 Å². The molecule has 82 valence electrons. The maximum absolute atomic E-state index is 12.0. The largest absolute Gasteiger partial charge is 0.331 e. The van der Waals surface area contributed by atoms with Gasteiger partial charge in [-0.15, -0.1) is 5.10 Å². The molecule has 6 heteroatoms. The molecule has 1 saturated heterocycles. The number of nitrogens with one attached hydrogen (secondary N) is 2. The number of aromatic amines is 1. The van der Waals surface area contributed by atoms with Crippen LogP contribution in [0.15, 0.2) is 0 Å². The van der Waals surface area contributed by atoms with E-state index in [0.717, 1.165) is 13.1 Å². The summed E-state index contributed by atoms with van der Waals surface area (Å²) in [6, 6.07) is 0.199. The number of carbonyl (C=O) groups is 1. The molecular formula is C9H15N5O. The Hall–Kier alpha value is -1.43. The number of rotatable bonds is 1. The Bertz CT molecular complexity index is 361. The maximum atomic E-state index is 12.0. The highest BCUT2D eigenvalue weighted by atomic mass is 16.2. The Kier molecular flexibility index (Phi) is 2.68. The molecule has 1 fully saturated rings. The van der Waals surface area contributed by atoms with Gasteiger partial charge in [0, 0.05) is 25.7 Å². The van der Waals surface area contributed by atoms with Gasteiger partial charge in [0.1, 0.15) is 5.82 Å². The molecule has 6 nitrogen and oxygen atoms in total. The average Bonchev–Trinajstić information content (AvgIpc) is 2.65. The van der Waals surface area contributed by atoms with Crippen molar-refractivity contribution in [3.63, 3.8) is 0 Å². The SMILES string of the molecule is Cc1nc(C(=O)N2CCNC[C@H]2C)n[nH]1. The Balaban J connectivity index is 2.13. The summed E-state index contributed by atoms with van der Waals surface area (Å²) in [5, 5.41) is 9.79. The molecule has 1 aromatic heterocycles. The third-order valence-electron chi connectivity index (χ3n) is 2.55. The topological polar surface area (TPSA) is 73.9 Å². The van der Waals surface area contributed by atoms with Crippen LogP contribution in [0.25, 0.3) is 0 Å².